The molecule has 1 atom stereocenters. The van der Waals surface area contributed by atoms with Crippen molar-refractivity contribution in [2.75, 3.05) is 6.61 Å². The molecule has 0 aromatic heterocycles. The number of hydrogen-bond acceptors (Lipinski definition) is 1. The second kappa shape index (κ2) is 15.6. The van der Waals surface area contributed by atoms with Gasteiger partial charge in [-0.1, -0.05) is 87.2 Å². The van der Waals surface area contributed by atoms with Gasteiger partial charge >= 0.3 is 0 Å². The fourth-order valence-corrected chi connectivity index (χ4v) is 7.17. The zero-order chi connectivity index (χ0) is 30.9. The lowest BCUT2D eigenvalue weighted by Gasteiger charge is -2.35. The van der Waals surface area contributed by atoms with Crippen molar-refractivity contribution in [3.8, 4) is 28.0 Å². The summed E-state index contributed by atoms with van der Waals surface area (Å²) in [7, 11) is 0. The van der Waals surface area contributed by atoms with Crippen molar-refractivity contribution < 1.29 is 17.9 Å². The molecule has 3 aromatic rings. The molecule has 0 heterocycles. The molecule has 0 N–H and O–H groups in total. The van der Waals surface area contributed by atoms with E-state index in [0.29, 0.717) is 17.7 Å². The van der Waals surface area contributed by atoms with Gasteiger partial charge in [0.2, 0.25) is 5.82 Å². The predicted octanol–water partition coefficient (Wildman–Crippen LogP) is 12.4. The molecule has 0 spiro atoms. The molecule has 234 valence electrons. The van der Waals surface area contributed by atoms with Crippen LogP contribution in [0.1, 0.15) is 96.5 Å². The molecule has 44 heavy (non-hydrogen) atoms. The highest BCUT2D eigenvalue weighted by atomic mass is 19.2. The second-order valence-electron chi connectivity index (χ2n) is 12.8. The average molecular weight is 601 g/mol. The van der Waals surface area contributed by atoms with Crippen molar-refractivity contribution in [3.05, 3.63) is 95.8 Å². The Labute approximate surface area is 262 Å². The lowest BCUT2D eigenvalue weighted by atomic mass is 9.70. The Morgan fingerprint density at radius 1 is 0.773 bits per heavy atom. The van der Waals surface area contributed by atoms with E-state index >= 15 is 4.39 Å². The van der Waals surface area contributed by atoms with Gasteiger partial charge < -0.3 is 4.74 Å². The van der Waals surface area contributed by atoms with Gasteiger partial charge in [-0.25, -0.2) is 8.78 Å². The number of ether oxygens (including phenoxy) is 1. The van der Waals surface area contributed by atoms with Crippen molar-refractivity contribution >= 4 is 5.57 Å². The van der Waals surface area contributed by atoms with Gasteiger partial charge in [-0.15, -0.1) is 0 Å². The first-order valence-electron chi connectivity index (χ1n) is 16.8. The highest BCUT2D eigenvalue weighted by Gasteiger charge is 2.29. The van der Waals surface area contributed by atoms with Gasteiger partial charge in [0.05, 0.1) is 6.61 Å². The van der Waals surface area contributed by atoms with Crippen LogP contribution in [0.4, 0.5) is 13.2 Å². The number of rotatable bonds is 12. The van der Waals surface area contributed by atoms with E-state index in [9.17, 15) is 8.78 Å². The summed E-state index contributed by atoms with van der Waals surface area (Å²) in [6.07, 6.45) is 20.6. The van der Waals surface area contributed by atoms with Crippen LogP contribution in [0.5, 0.6) is 5.75 Å². The molecular formula is C40H47F3O. The first-order valence-corrected chi connectivity index (χ1v) is 16.8. The first kappa shape index (κ1) is 32.1. The molecule has 0 aliphatic heterocycles. The Balaban J connectivity index is 1.19. The van der Waals surface area contributed by atoms with Crippen LogP contribution in [-0.2, 0) is 0 Å². The topological polar surface area (TPSA) is 9.23 Å². The highest BCUT2D eigenvalue weighted by molar-refractivity contribution is 5.74. The second-order valence-corrected chi connectivity index (χ2v) is 12.8. The van der Waals surface area contributed by atoms with Crippen LogP contribution < -0.4 is 4.74 Å². The van der Waals surface area contributed by atoms with Crippen LogP contribution >= 0.6 is 0 Å². The summed E-state index contributed by atoms with van der Waals surface area (Å²) in [5, 5.41) is 0. The quantitative estimate of drug-likeness (QED) is 0.148. The molecule has 4 heteroatoms. The molecular weight excluding hydrogens is 553 g/mol. The standard InChI is InChI=1S/C40H47F3O/c1-3-5-7-9-28-10-12-29(13-11-28)30-14-18-32(19-15-30)35-23-22-34(27-37(35)41)31-16-20-33(21-17-31)36-24-25-38(40(43)39(36)42)44-26-8-6-4-2/h3,5,16-18,20-25,27-30H,4,6-15,19,26H2,1-2H3. The summed E-state index contributed by atoms with van der Waals surface area (Å²) in [4.78, 5) is 0. The van der Waals surface area contributed by atoms with Crippen molar-refractivity contribution in [3.63, 3.8) is 0 Å². The fraction of sp³-hybridized carbons (Fsp3) is 0.450. The third-order valence-corrected chi connectivity index (χ3v) is 9.88. The number of allylic oxidation sites excluding steroid dienone is 4. The SMILES string of the molecule is CC=CCCC1CCC(C2CC=C(c3ccc(-c4ccc(-c5ccc(OCCCCC)c(F)c5F)cc4)cc3F)CC2)CC1. The van der Waals surface area contributed by atoms with Crippen LogP contribution in [0.3, 0.4) is 0 Å². The molecule has 0 amide bonds. The molecule has 1 unspecified atom stereocenters. The van der Waals surface area contributed by atoms with E-state index in [0.717, 1.165) is 73.0 Å². The van der Waals surface area contributed by atoms with Gasteiger partial charge in [0.1, 0.15) is 5.82 Å². The van der Waals surface area contributed by atoms with E-state index in [2.05, 4.69) is 32.1 Å². The van der Waals surface area contributed by atoms with Crippen molar-refractivity contribution in [1.29, 1.82) is 0 Å². The average Bonchev–Trinajstić information content (AvgIpc) is 3.06. The molecule has 3 aromatic carbocycles. The third-order valence-electron chi connectivity index (χ3n) is 9.88. The van der Waals surface area contributed by atoms with Crippen LogP contribution in [-0.4, -0.2) is 6.61 Å². The Bertz CT molecular complexity index is 1430. The largest absolute Gasteiger partial charge is 0.490 e. The van der Waals surface area contributed by atoms with Gasteiger partial charge in [0, 0.05) is 11.1 Å². The maximum Gasteiger partial charge on any atom is 0.201 e. The number of benzene rings is 3. The monoisotopic (exact) mass is 600 g/mol. The van der Waals surface area contributed by atoms with E-state index in [1.54, 1.807) is 24.3 Å². The maximum atomic E-state index is 15.4. The minimum absolute atomic E-state index is 0.0588. The molecule has 1 saturated carbocycles. The van der Waals surface area contributed by atoms with Gasteiger partial charge in [-0.05, 0) is 117 Å². The smallest absolute Gasteiger partial charge is 0.201 e. The van der Waals surface area contributed by atoms with Crippen LogP contribution in [0, 0.1) is 35.2 Å². The molecule has 2 aliphatic rings. The van der Waals surface area contributed by atoms with E-state index < -0.39 is 11.6 Å². The van der Waals surface area contributed by atoms with E-state index in [4.69, 9.17) is 4.74 Å². The Kier molecular flexibility index (Phi) is 11.4. The lowest BCUT2D eigenvalue weighted by molar-refractivity contribution is 0.190. The summed E-state index contributed by atoms with van der Waals surface area (Å²) in [5.41, 5.74) is 4.15. The summed E-state index contributed by atoms with van der Waals surface area (Å²) in [5.74, 6) is 0.273. The lowest BCUT2D eigenvalue weighted by Crippen LogP contribution is -2.23. The van der Waals surface area contributed by atoms with E-state index in [-0.39, 0.29) is 17.1 Å². The fourth-order valence-electron chi connectivity index (χ4n) is 7.17. The van der Waals surface area contributed by atoms with E-state index in [1.807, 2.05) is 24.3 Å². The summed E-state index contributed by atoms with van der Waals surface area (Å²) < 4.78 is 50.4. The van der Waals surface area contributed by atoms with Crippen molar-refractivity contribution in [1.82, 2.24) is 0 Å². The first-order chi connectivity index (χ1) is 21.5. The Hall–Kier alpha value is -3.27. The number of hydrogen-bond donors (Lipinski definition) is 0. The third kappa shape index (κ3) is 7.86. The van der Waals surface area contributed by atoms with Crippen molar-refractivity contribution in [2.45, 2.75) is 90.9 Å². The summed E-state index contributed by atoms with van der Waals surface area (Å²) in [6.45, 7) is 4.54. The molecule has 5 rings (SSSR count). The molecule has 0 saturated heterocycles. The molecule has 2 aliphatic carbocycles. The van der Waals surface area contributed by atoms with Crippen LogP contribution in [0.15, 0.2) is 72.8 Å². The van der Waals surface area contributed by atoms with E-state index in [1.165, 1.54) is 44.6 Å². The van der Waals surface area contributed by atoms with Crippen LogP contribution in [0.25, 0.3) is 27.8 Å². The molecule has 0 radical (unpaired) electrons. The zero-order valence-corrected chi connectivity index (χ0v) is 26.4. The molecule has 1 fully saturated rings. The Morgan fingerprint density at radius 3 is 2.18 bits per heavy atom. The van der Waals surface area contributed by atoms with Gasteiger partial charge in [0.15, 0.2) is 11.6 Å². The summed E-state index contributed by atoms with van der Waals surface area (Å²) >= 11 is 0. The molecule has 1 nitrogen and oxygen atoms in total. The van der Waals surface area contributed by atoms with Gasteiger partial charge in [-0.2, -0.15) is 4.39 Å². The zero-order valence-electron chi connectivity index (χ0n) is 26.4. The maximum absolute atomic E-state index is 15.4. The highest BCUT2D eigenvalue weighted by Crippen LogP contribution is 2.43. The van der Waals surface area contributed by atoms with Crippen molar-refractivity contribution in [2.24, 2.45) is 17.8 Å². The summed E-state index contributed by atoms with van der Waals surface area (Å²) in [6, 6.07) is 15.7. The van der Waals surface area contributed by atoms with Gasteiger partial charge in [0.25, 0.3) is 0 Å². The Morgan fingerprint density at radius 2 is 1.50 bits per heavy atom. The van der Waals surface area contributed by atoms with Crippen LogP contribution in [0.2, 0.25) is 0 Å². The van der Waals surface area contributed by atoms with Gasteiger partial charge in [-0.3, -0.25) is 0 Å². The normalized spacial score (nSPS) is 20.6. The number of unbranched alkanes of at least 4 members (excludes halogenated alkanes) is 2. The molecule has 0 bridgehead atoms. The minimum atomic E-state index is -0.966. The number of halogens is 3. The minimum Gasteiger partial charge on any atom is -0.490 e. The predicted molar refractivity (Wildman–Crippen MR) is 177 cm³/mol.